The third kappa shape index (κ3) is 2.22. The number of nitrogens with one attached hydrogen (secondary N) is 1. The second kappa shape index (κ2) is 4.20. The Morgan fingerprint density at radius 3 is 2.65 bits per heavy atom. The predicted octanol–water partition coefficient (Wildman–Crippen LogP) is 0.631. The first-order chi connectivity index (χ1) is 8.08. The number of carboxylic acids is 1. The van der Waals surface area contributed by atoms with Crippen molar-refractivity contribution in [1.82, 2.24) is 20.6 Å². The smallest absolute Gasteiger partial charge is 0.335 e. The van der Waals surface area contributed by atoms with E-state index in [0.717, 1.165) is 5.69 Å². The highest BCUT2D eigenvalue weighted by molar-refractivity contribution is 5.90. The molecule has 0 unspecified atom stereocenters. The Morgan fingerprint density at radius 2 is 2.12 bits per heavy atom. The first-order valence-electron chi connectivity index (χ1n) is 4.87. The van der Waals surface area contributed by atoms with Crippen molar-refractivity contribution in [2.75, 3.05) is 19.0 Å². The summed E-state index contributed by atoms with van der Waals surface area (Å²) in [4.78, 5) is 12.8. The second-order valence-electron chi connectivity index (χ2n) is 3.70. The first kappa shape index (κ1) is 11.1. The van der Waals surface area contributed by atoms with Crippen LogP contribution >= 0.6 is 0 Å². The zero-order valence-electron chi connectivity index (χ0n) is 9.38. The van der Waals surface area contributed by atoms with Gasteiger partial charge in [-0.05, 0) is 23.4 Å². The molecule has 0 bridgehead atoms. The van der Waals surface area contributed by atoms with Crippen molar-refractivity contribution in [3.8, 4) is 11.4 Å². The summed E-state index contributed by atoms with van der Waals surface area (Å²) >= 11 is 0. The summed E-state index contributed by atoms with van der Waals surface area (Å²) < 4.78 is 0. The van der Waals surface area contributed by atoms with Crippen LogP contribution in [0.25, 0.3) is 11.4 Å². The number of aromatic carboxylic acids is 1. The number of anilines is 1. The molecule has 1 aromatic carbocycles. The van der Waals surface area contributed by atoms with Crippen molar-refractivity contribution in [1.29, 1.82) is 0 Å². The molecule has 0 amide bonds. The summed E-state index contributed by atoms with van der Waals surface area (Å²) in [7, 11) is 3.67. The molecule has 7 nitrogen and oxygen atoms in total. The lowest BCUT2D eigenvalue weighted by Gasteiger charge is -2.14. The molecule has 0 atom stereocenters. The van der Waals surface area contributed by atoms with Crippen molar-refractivity contribution in [2.45, 2.75) is 0 Å². The van der Waals surface area contributed by atoms with Gasteiger partial charge in [0.15, 0.2) is 0 Å². The Bertz CT molecular complexity index is 536. The number of aromatic amines is 1. The largest absolute Gasteiger partial charge is 0.478 e. The first-order valence-corrected chi connectivity index (χ1v) is 4.87. The normalized spacial score (nSPS) is 10.2. The van der Waals surface area contributed by atoms with Gasteiger partial charge in [-0.25, -0.2) is 4.79 Å². The molecule has 0 aliphatic rings. The lowest BCUT2D eigenvalue weighted by molar-refractivity contribution is 0.0697. The van der Waals surface area contributed by atoms with Gasteiger partial charge in [0.1, 0.15) is 0 Å². The molecule has 2 N–H and O–H groups in total. The Hall–Kier alpha value is -2.44. The molecule has 0 aliphatic carbocycles. The summed E-state index contributed by atoms with van der Waals surface area (Å²) in [5, 5.41) is 22.5. The fraction of sp³-hybridized carbons (Fsp3) is 0.200. The molecule has 0 saturated carbocycles. The zero-order chi connectivity index (χ0) is 12.4. The molecule has 0 fully saturated rings. The summed E-state index contributed by atoms with van der Waals surface area (Å²) in [6.45, 7) is 0. The van der Waals surface area contributed by atoms with Crippen LogP contribution in [0, 0.1) is 0 Å². The molecule has 17 heavy (non-hydrogen) atoms. The zero-order valence-corrected chi connectivity index (χ0v) is 9.38. The number of benzene rings is 1. The lowest BCUT2D eigenvalue weighted by atomic mass is 10.1. The van der Waals surface area contributed by atoms with E-state index >= 15 is 0 Å². The number of carbonyl (C=O) groups is 1. The van der Waals surface area contributed by atoms with E-state index in [1.807, 2.05) is 19.0 Å². The van der Waals surface area contributed by atoms with E-state index in [0.29, 0.717) is 11.4 Å². The molecule has 0 saturated heterocycles. The third-order valence-corrected chi connectivity index (χ3v) is 2.28. The Morgan fingerprint density at radius 1 is 1.35 bits per heavy atom. The quantitative estimate of drug-likeness (QED) is 0.807. The van der Waals surface area contributed by atoms with Gasteiger partial charge in [-0.1, -0.05) is 0 Å². The van der Waals surface area contributed by atoms with Gasteiger partial charge in [0.05, 0.1) is 5.56 Å². The number of nitrogens with zero attached hydrogens (tertiary/aromatic N) is 4. The summed E-state index contributed by atoms with van der Waals surface area (Å²) in [6, 6.07) is 4.91. The van der Waals surface area contributed by atoms with E-state index in [1.54, 1.807) is 12.1 Å². The number of carboxylic acid groups (broad SMARTS) is 1. The lowest BCUT2D eigenvalue weighted by Crippen LogP contribution is -2.10. The number of H-pyrrole nitrogens is 1. The van der Waals surface area contributed by atoms with Gasteiger partial charge in [0, 0.05) is 25.3 Å². The van der Waals surface area contributed by atoms with Gasteiger partial charge < -0.3 is 10.0 Å². The molecule has 88 valence electrons. The van der Waals surface area contributed by atoms with Crippen LogP contribution in [-0.2, 0) is 0 Å². The van der Waals surface area contributed by atoms with Gasteiger partial charge in [-0.3, -0.25) is 0 Å². The average molecular weight is 233 g/mol. The molecule has 1 aromatic heterocycles. The molecule has 2 rings (SSSR count). The van der Waals surface area contributed by atoms with Crippen LogP contribution in [-0.4, -0.2) is 45.8 Å². The van der Waals surface area contributed by atoms with E-state index in [1.165, 1.54) is 6.07 Å². The standard InChI is InChI=1S/C10H11N5O2/c1-15(2)8-4-6(9-11-13-14-12-9)3-7(5-8)10(16)17/h3-5H,1-2H3,(H,16,17)(H,11,12,13,14). The van der Waals surface area contributed by atoms with Gasteiger partial charge in [0.2, 0.25) is 5.82 Å². The molecular weight excluding hydrogens is 222 g/mol. The Kier molecular flexibility index (Phi) is 2.73. The number of hydrogen-bond acceptors (Lipinski definition) is 5. The second-order valence-corrected chi connectivity index (χ2v) is 3.70. The highest BCUT2D eigenvalue weighted by Crippen LogP contribution is 2.23. The highest BCUT2D eigenvalue weighted by atomic mass is 16.4. The maximum absolute atomic E-state index is 11.0. The third-order valence-electron chi connectivity index (χ3n) is 2.28. The molecular formula is C10H11N5O2. The van der Waals surface area contributed by atoms with E-state index < -0.39 is 5.97 Å². The highest BCUT2D eigenvalue weighted by Gasteiger charge is 2.11. The molecule has 2 aromatic rings. The van der Waals surface area contributed by atoms with Crippen LogP contribution in [0.4, 0.5) is 5.69 Å². The van der Waals surface area contributed by atoms with E-state index in [-0.39, 0.29) is 5.56 Å². The van der Waals surface area contributed by atoms with Crippen LogP contribution in [0.15, 0.2) is 18.2 Å². The van der Waals surface area contributed by atoms with Crippen molar-refractivity contribution in [3.05, 3.63) is 23.8 Å². The monoisotopic (exact) mass is 233 g/mol. The van der Waals surface area contributed by atoms with Crippen molar-refractivity contribution in [3.63, 3.8) is 0 Å². The summed E-state index contributed by atoms with van der Waals surface area (Å²) in [5.41, 5.74) is 1.57. The van der Waals surface area contributed by atoms with Crippen molar-refractivity contribution >= 4 is 11.7 Å². The summed E-state index contributed by atoms with van der Waals surface area (Å²) in [5.74, 6) is -0.616. The average Bonchev–Trinajstić information content (AvgIpc) is 2.81. The van der Waals surface area contributed by atoms with Crippen LogP contribution in [0.1, 0.15) is 10.4 Å². The maximum atomic E-state index is 11.0. The fourth-order valence-corrected chi connectivity index (χ4v) is 1.41. The Balaban J connectivity index is 2.56. The molecule has 0 aliphatic heterocycles. The molecule has 7 heteroatoms. The van der Waals surface area contributed by atoms with Gasteiger partial charge in [-0.15, -0.1) is 10.2 Å². The van der Waals surface area contributed by atoms with Crippen molar-refractivity contribution in [2.24, 2.45) is 0 Å². The van der Waals surface area contributed by atoms with E-state index in [4.69, 9.17) is 5.11 Å². The molecule has 0 spiro atoms. The molecule has 1 heterocycles. The van der Waals surface area contributed by atoms with E-state index in [9.17, 15) is 4.79 Å². The van der Waals surface area contributed by atoms with Gasteiger partial charge in [0.25, 0.3) is 0 Å². The predicted molar refractivity (Wildman–Crippen MR) is 60.9 cm³/mol. The summed E-state index contributed by atoms with van der Waals surface area (Å²) in [6.07, 6.45) is 0. The van der Waals surface area contributed by atoms with Crippen LogP contribution in [0.3, 0.4) is 0 Å². The van der Waals surface area contributed by atoms with Crippen LogP contribution in [0.5, 0.6) is 0 Å². The minimum absolute atomic E-state index is 0.191. The Labute approximate surface area is 97.1 Å². The fourth-order valence-electron chi connectivity index (χ4n) is 1.41. The van der Waals surface area contributed by atoms with Crippen LogP contribution < -0.4 is 4.90 Å². The van der Waals surface area contributed by atoms with Gasteiger partial charge >= 0.3 is 5.97 Å². The maximum Gasteiger partial charge on any atom is 0.335 e. The SMILES string of the molecule is CN(C)c1cc(C(=O)O)cc(-c2nn[nH]n2)c1. The van der Waals surface area contributed by atoms with Gasteiger partial charge in [-0.2, -0.15) is 5.21 Å². The number of tetrazole rings is 1. The van der Waals surface area contributed by atoms with Crippen LogP contribution in [0.2, 0.25) is 0 Å². The molecule has 0 radical (unpaired) electrons. The number of aromatic nitrogens is 4. The number of rotatable bonds is 3. The van der Waals surface area contributed by atoms with E-state index in [2.05, 4.69) is 20.6 Å². The van der Waals surface area contributed by atoms with Crippen molar-refractivity contribution < 1.29 is 9.90 Å². The minimum atomic E-state index is -0.988. The number of hydrogen-bond donors (Lipinski definition) is 2. The minimum Gasteiger partial charge on any atom is -0.478 e. The topological polar surface area (TPSA) is 95.0 Å².